The molecule has 2 unspecified atom stereocenters. The monoisotopic (exact) mass is 186 g/mol. The summed E-state index contributed by atoms with van der Waals surface area (Å²) in [5.41, 5.74) is -0.623. The topological polar surface area (TPSA) is 52.6 Å². The van der Waals surface area contributed by atoms with Gasteiger partial charge in [0.1, 0.15) is 0 Å². The van der Waals surface area contributed by atoms with Gasteiger partial charge >= 0.3 is 0 Å². The molecule has 1 saturated heterocycles. The van der Waals surface area contributed by atoms with Crippen LogP contribution in [0, 0.1) is 0 Å². The van der Waals surface area contributed by atoms with Gasteiger partial charge in [-0.25, -0.2) is 0 Å². The number of hydrogen-bond acceptors (Lipinski definition) is 3. The minimum atomic E-state index is -0.623. The number of likely N-dealkylation sites (tertiary alicyclic amines) is 1. The first-order chi connectivity index (χ1) is 5.96. The summed E-state index contributed by atoms with van der Waals surface area (Å²) in [6, 6.07) is -0.140. The lowest BCUT2D eigenvalue weighted by Gasteiger charge is -2.23. The Bertz CT molecular complexity index is 204. The SMILES string of the molecule is CNC(=O)C(C)N1CCC(C)(O)C1. The molecule has 0 aliphatic carbocycles. The number of hydrogen-bond donors (Lipinski definition) is 2. The standard InChI is InChI=1S/C9H18N2O2/c1-7(8(12)10-3)11-5-4-9(2,13)6-11/h7,13H,4-6H2,1-3H3,(H,10,12). The number of nitrogens with one attached hydrogen (secondary N) is 1. The highest BCUT2D eigenvalue weighted by atomic mass is 16.3. The van der Waals surface area contributed by atoms with Crippen LogP contribution < -0.4 is 5.32 Å². The predicted molar refractivity (Wildman–Crippen MR) is 50.3 cm³/mol. The molecule has 4 nitrogen and oxygen atoms in total. The van der Waals surface area contributed by atoms with Crippen LogP contribution in [-0.4, -0.2) is 47.7 Å². The molecule has 76 valence electrons. The third-order valence-electron chi connectivity index (χ3n) is 2.65. The number of nitrogens with zero attached hydrogens (tertiary/aromatic N) is 1. The van der Waals surface area contributed by atoms with Crippen LogP contribution >= 0.6 is 0 Å². The second-order valence-electron chi connectivity index (χ2n) is 4.01. The van der Waals surface area contributed by atoms with Crippen molar-refractivity contribution >= 4 is 5.91 Å². The zero-order valence-electron chi connectivity index (χ0n) is 8.50. The maximum atomic E-state index is 11.3. The van der Waals surface area contributed by atoms with E-state index in [1.165, 1.54) is 0 Å². The molecule has 13 heavy (non-hydrogen) atoms. The molecular weight excluding hydrogens is 168 g/mol. The van der Waals surface area contributed by atoms with Gasteiger partial charge in [-0.15, -0.1) is 0 Å². The van der Waals surface area contributed by atoms with Gasteiger partial charge in [0, 0.05) is 20.1 Å². The van der Waals surface area contributed by atoms with Crippen LogP contribution in [0.15, 0.2) is 0 Å². The number of β-amino-alcohol motifs (C(OH)–C–C–N with tert-alkyl or cyclic N) is 1. The smallest absolute Gasteiger partial charge is 0.236 e. The van der Waals surface area contributed by atoms with E-state index in [0.717, 1.165) is 13.0 Å². The minimum absolute atomic E-state index is 0.0118. The molecule has 0 aromatic heterocycles. The maximum Gasteiger partial charge on any atom is 0.236 e. The Balaban J connectivity index is 2.51. The van der Waals surface area contributed by atoms with Crippen molar-refractivity contribution in [3.05, 3.63) is 0 Å². The number of carbonyl (C=O) groups excluding carboxylic acids is 1. The number of likely N-dealkylation sites (N-methyl/N-ethyl adjacent to an activating group) is 1. The normalized spacial score (nSPS) is 31.7. The molecule has 2 N–H and O–H groups in total. The van der Waals surface area contributed by atoms with Crippen LogP contribution in [0.25, 0.3) is 0 Å². The van der Waals surface area contributed by atoms with Gasteiger partial charge in [0.2, 0.25) is 5.91 Å². The Morgan fingerprint density at radius 3 is 2.69 bits per heavy atom. The molecule has 1 aliphatic rings. The second-order valence-corrected chi connectivity index (χ2v) is 4.01. The Morgan fingerprint density at radius 2 is 2.31 bits per heavy atom. The van der Waals surface area contributed by atoms with Gasteiger partial charge in [0.15, 0.2) is 0 Å². The summed E-state index contributed by atoms with van der Waals surface area (Å²) < 4.78 is 0. The van der Waals surface area contributed by atoms with Crippen LogP contribution in [0.2, 0.25) is 0 Å². The Hall–Kier alpha value is -0.610. The van der Waals surface area contributed by atoms with Gasteiger partial charge in [0.05, 0.1) is 11.6 Å². The van der Waals surface area contributed by atoms with Crippen LogP contribution in [0.5, 0.6) is 0 Å². The molecule has 4 heteroatoms. The molecule has 0 radical (unpaired) electrons. The van der Waals surface area contributed by atoms with Crippen molar-refractivity contribution in [2.75, 3.05) is 20.1 Å². The van der Waals surface area contributed by atoms with Gasteiger partial charge in [-0.05, 0) is 20.3 Å². The first kappa shape index (κ1) is 10.5. The molecule has 1 amide bonds. The van der Waals surface area contributed by atoms with Crippen molar-refractivity contribution < 1.29 is 9.90 Å². The van der Waals surface area contributed by atoms with E-state index in [0.29, 0.717) is 6.54 Å². The number of carbonyl (C=O) groups is 1. The lowest BCUT2D eigenvalue weighted by atomic mass is 10.1. The van der Waals surface area contributed by atoms with Crippen LogP contribution in [0.1, 0.15) is 20.3 Å². The number of amides is 1. The van der Waals surface area contributed by atoms with Gasteiger partial charge in [-0.3, -0.25) is 9.69 Å². The first-order valence-corrected chi connectivity index (χ1v) is 4.64. The fraction of sp³-hybridized carbons (Fsp3) is 0.889. The zero-order valence-corrected chi connectivity index (χ0v) is 8.50. The van der Waals surface area contributed by atoms with Crippen molar-refractivity contribution in [1.82, 2.24) is 10.2 Å². The van der Waals surface area contributed by atoms with Crippen LogP contribution in [0.3, 0.4) is 0 Å². The van der Waals surface area contributed by atoms with E-state index < -0.39 is 5.60 Å². The van der Waals surface area contributed by atoms with E-state index in [1.807, 2.05) is 18.7 Å². The van der Waals surface area contributed by atoms with E-state index in [2.05, 4.69) is 5.32 Å². The average molecular weight is 186 g/mol. The molecule has 1 rings (SSSR count). The van der Waals surface area contributed by atoms with E-state index in [1.54, 1.807) is 7.05 Å². The van der Waals surface area contributed by atoms with Crippen LogP contribution in [0.4, 0.5) is 0 Å². The molecule has 0 spiro atoms. The number of rotatable bonds is 2. The van der Waals surface area contributed by atoms with Gasteiger partial charge in [0.25, 0.3) is 0 Å². The third kappa shape index (κ3) is 2.42. The average Bonchev–Trinajstić information content (AvgIpc) is 2.43. The molecule has 1 heterocycles. The fourth-order valence-corrected chi connectivity index (χ4v) is 1.69. The summed E-state index contributed by atoms with van der Waals surface area (Å²) in [5, 5.41) is 12.3. The summed E-state index contributed by atoms with van der Waals surface area (Å²) in [6.07, 6.45) is 0.744. The molecule has 2 atom stereocenters. The molecule has 0 saturated carbocycles. The maximum absolute atomic E-state index is 11.3. The van der Waals surface area contributed by atoms with Crippen molar-refractivity contribution in [2.45, 2.75) is 31.9 Å². The zero-order chi connectivity index (χ0) is 10.1. The first-order valence-electron chi connectivity index (χ1n) is 4.64. The molecule has 0 bridgehead atoms. The predicted octanol–water partition coefficient (Wildman–Crippen LogP) is -0.422. The van der Waals surface area contributed by atoms with E-state index in [9.17, 15) is 9.90 Å². The molecule has 0 aromatic carbocycles. The highest BCUT2D eigenvalue weighted by Crippen LogP contribution is 2.21. The van der Waals surface area contributed by atoms with E-state index >= 15 is 0 Å². The fourth-order valence-electron chi connectivity index (χ4n) is 1.69. The Labute approximate surface area is 78.9 Å². The number of aliphatic hydroxyl groups is 1. The Morgan fingerprint density at radius 1 is 1.69 bits per heavy atom. The largest absolute Gasteiger partial charge is 0.389 e. The quantitative estimate of drug-likeness (QED) is 0.615. The van der Waals surface area contributed by atoms with Crippen molar-refractivity contribution in [3.63, 3.8) is 0 Å². The van der Waals surface area contributed by atoms with Crippen LogP contribution in [-0.2, 0) is 4.79 Å². The minimum Gasteiger partial charge on any atom is -0.389 e. The van der Waals surface area contributed by atoms with Gasteiger partial charge < -0.3 is 10.4 Å². The van der Waals surface area contributed by atoms with Gasteiger partial charge in [-0.1, -0.05) is 0 Å². The second kappa shape index (κ2) is 3.64. The van der Waals surface area contributed by atoms with Gasteiger partial charge in [-0.2, -0.15) is 0 Å². The van der Waals surface area contributed by atoms with Crippen molar-refractivity contribution in [3.8, 4) is 0 Å². The van der Waals surface area contributed by atoms with E-state index in [4.69, 9.17) is 0 Å². The van der Waals surface area contributed by atoms with Crippen molar-refractivity contribution in [2.24, 2.45) is 0 Å². The third-order valence-corrected chi connectivity index (χ3v) is 2.65. The summed E-state index contributed by atoms with van der Waals surface area (Å²) in [4.78, 5) is 13.3. The lowest BCUT2D eigenvalue weighted by molar-refractivity contribution is -0.125. The highest BCUT2D eigenvalue weighted by molar-refractivity contribution is 5.81. The molecular formula is C9H18N2O2. The molecule has 1 fully saturated rings. The molecule has 0 aromatic rings. The highest BCUT2D eigenvalue weighted by Gasteiger charge is 2.35. The summed E-state index contributed by atoms with van der Waals surface area (Å²) in [6.45, 7) is 5.05. The lowest BCUT2D eigenvalue weighted by Crippen LogP contribution is -2.44. The summed E-state index contributed by atoms with van der Waals surface area (Å²) in [7, 11) is 1.63. The van der Waals surface area contributed by atoms with E-state index in [-0.39, 0.29) is 11.9 Å². The molecule has 1 aliphatic heterocycles. The summed E-state index contributed by atoms with van der Waals surface area (Å²) in [5.74, 6) is 0.0118. The van der Waals surface area contributed by atoms with Crippen molar-refractivity contribution in [1.29, 1.82) is 0 Å². The Kier molecular flexibility index (Phi) is 2.93. The summed E-state index contributed by atoms with van der Waals surface area (Å²) >= 11 is 0.